The minimum atomic E-state index is -0.598. The molecular weight excluding hydrogens is 479 g/mol. The fourth-order valence-corrected chi connectivity index (χ4v) is 3.80. The smallest absolute Gasteiger partial charge is 0.305 e. The molecule has 35 heavy (non-hydrogen) atoms. The van der Waals surface area contributed by atoms with Crippen molar-refractivity contribution in [1.29, 1.82) is 0 Å². The van der Waals surface area contributed by atoms with E-state index >= 15 is 0 Å². The SMILES string of the molecule is [C-]#[N+]c1nn(CC(=O)N(CC(=O)NCc2cccc(Cl)c2F)C2CC2)c2ncc(COC=O)cc12. The fourth-order valence-electron chi connectivity index (χ4n) is 3.60. The van der Waals surface area contributed by atoms with E-state index in [1.165, 1.54) is 27.9 Å². The number of hydrogen-bond donors (Lipinski definition) is 1. The molecular formula is C23H20ClFN6O4. The summed E-state index contributed by atoms with van der Waals surface area (Å²) >= 11 is 5.77. The van der Waals surface area contributed by atoms with E-state index in [-0.39, 0.29) is 54.6 Å². The van der Waals surface area contributed by atoms with Crippen LogP contribution in [0.15, 0.2) is 30.5 Å². The van der Waals surface area contributed by atoms with Gasteiger partial charge < -0.3 is 19.8 Å². The minimum absolute atomic E-state index is 0.00234. The first-order valence-electron chi connectivity index (χ1n) is 10.7. The van der Waals surface area contributed by atoms with Crippen molar-refractivity contribution in [3.05, 3.63) is 63.8 Å². The average molecular weight is 499 g/mol. The molecule has 2 aromatic heterocycles. The number of amides is 2. The third-order valence-corrected chi connectivity index (χ3v) is 5.75. The first-order valence-corrected chi connectivity index (χ1v) is 11.1. The lowest BCUT2D eigenvalue weighted by molar-refractivity contribution is -0.137. The maximum absolute atomic E-state index is 14.1. The molecule has 4 rings (SSSR count). The van der Waals surface area contributed by atoms with E-state index in [0.29, 0.717) is 23.1 Å². The van der Waals surface area contributed by atoms with Gasteiger partial charge in [0.15, 0.2) is 5.65 Å². The summed E-state index contributed by atoms with van der Waals surface area (Å²) in [7, 11) is 0. The molecule has 1 fully saturated rings. The number of rotatable bonds is 10. The van der Waals surface area contributed by atoms with Crippen molar-refractivity contribution in [3.8, 4) is 0 Å². The lowest BCUT2D eigenvalue weighted by Crippen LogP contribution is -2.43. The van der Waals surface area contributed by atoms with E-state index in [1.54, 1.807) is 12.1 Å². The van der Waals surface area contributed by atoms with Crippen LogP contribution in [0, 0.1) is 12.4 Å². The van der Waals surface area contributed by atoms with Gasteiger partial charge in [0, 0.05) is 35.3 Å². The molecule has 180 valence electrons. The van der Waals surface area contributed by atoms with E-state index < -0.39 is 11.7 Å². The van der Waals surface area contributed by atoms with Gasteiger partial charge in [-0.3, -0.25) is 14.4 Å². The Bertz CT molecular complexity index is 1330. The van der Waals surface area contributed by atoms with Gasteiger partial charge >= 0.3 is 5.82 Å². The Labute approximate surface area is 204 Å². The molecule has 1 aliphatic carbocycles. The summed E-state index contributed by atoms with van der Waals surface area (Å²) in [4.78, 5) is 45.2. The van der Waals surface area contributed by atoms with Crippen LogP contribution in [0.25, 0.3) is 15.9 Å². The number of benzene rings is 1. The predicted molar refractivity (Wildman–Crippen MR) is 123 cm³/mol. The number of carbonyl (C=O) groups is 3. The molecule has 0 atom stereocenters. The van der Waals surface area contributed by atoms with Gasteiger partial charge in [-0.15, -0.1) is 0 Å². The van der Waals surface area contributed by atoms with Crippen LogP contribution in [0.4, 0.5) is 10.2 Å². The first-order chi connectivity index (χ1) is 16.9. The number of carbonyl (C=O) groups excluding carboxylic acids is 3. The molecule has 0 spiro atoms. The maximum Gasteiger partial charge on any atom is 0.305 e. The average Bonchev–Trinajstić information content (AvgIpc) is 3.64. The third-order valence-electron chi connectivity index (χ3n) is 5.46. The second kappa shape index (κ2) is 10.5. The van der Waals surface area contributed by atoms with E-state index in [2.05, 4.69) is 20.2 Å². The Morgan fingerprint density at radius 3 is 2.91 bits per heavy atom. The van der Waals surface area contributed by atoms with Crippen LogP contribution in [0.1, 0.15) is 24.0 Å². The van der Waals surface area contributed by atoms with Crippen LogP contribution in [0.3, 0.4) is 0 Å². The zero-order valence-electron chi connectivity index (χ0n) is 18.4. The third kappa shape index (κ3) is 5.55. The Morgan fingerprint density at radius 2 is 2.20 bits per heavy atom. The van der Waals surface area contributed by atoms with Crippen LogP contribution in [0.2, 0.25) is 5.02 Å². The summed E-state index contributed by atoms with van der Waals surface area (Å²) in [5.74, 6) is -1.32. The maximum atomic E-state index is 14.1. The number of nitrogens with one attached hydrogen (secondary N) is 1. The summed E-state index contributed by atoms with van der Waals surface area (Å²) in [6.45, 7) is 7.23. The summed E-state index contributed by atoms with van der Waals surface area (Å²) in [6.07, 6.45) is 3.02. The molecule has 3 aromatic rings. The molecule has 10 nitrogen and oxygen atoms in total. The van der Waals surface area contributed by atoms with E-state index in [0.717, 1.165) is 12.8 Å². The summed E-state index contributed by atoms with van der Waals surface area (Å²) in [5.41, 5.74) is 1.15. The second-order valence-corrected chi connectivity index (χ2v) is 8.36. The Morgan fingerprint density at radius 1 is 1.40 bits per heavy atom. The number of pyridine rings is 1. The van der Waals surface area contributed by atoms with Crippen LogP contribution in [-0.2, 0) is 38.8 Å². The van der Waals surface area contributed by atoms with Gasteiger partial charge in [0.2, 0.25) is 11.8 Å². The van der Waals surface area contributed by atoms with Crippen molar-refractivity contribution in [2.24, 2.45) is 0 Å². The largest absolute Gasteiger partial charge is 0.463 e. The molecule has 0 bridgehead atoms. The van der Waals surface area contributed by atoms with E-state index in [4.69, 9.17) is 22.9 Å². The zero-order valence-corrected chi connectivity index (χ0v) is 19.2. The Kier molecular flexibility index (Phi) is 7.22. The summed E-state index contributed by atoms with van der Waals surface area (Å²) in [5, 5.41) is 7.21. The van der Waals surface area contributed by atoms with Crippen molar-refractivity contribution in [3.63, 3.8) is 0 Å². The Hall–Kier alpha value is -4.04. The predicted octanol–water partition coefficient (Wildman–Crippen LogP) is 2.75. The zero-order chi connectivity index (χ0) is 24.9. The first kappa shape index (κ1) is 24.1. The fraction of sp³-hybridized carbons (Fsp3) is 0.304. The number of fused-ring (bicyclic) bond motifs is 1. The summed E-state index contributed by atoms with van der Waals surface area (Å²) < 4.78 is 20.1. The molecule has 12 heteroatoms. The topological polar surface area (TPSA) is 111 Å². The van der Waals surface area contributed by atoms with Gasteiger partial charge in [0.05, 0.1) is 11.6 Å². The minimum Gasteiger partial charge on any atom is -0.463 e. The number of hydrogen-bond acceptors (Lipinski definition) is 6. The van der Waals surface area contributed by atoms with Gasteiger partial charge in [0.25, 0.3) is 6.47 Å². The lowest BCUT2D eigenvalue weighted by Gasteiger charge is -2.21. The highest BCUT2D eigenvalue weighted by Gasteiger charge is 2.34. The number of halogens is 2. The quantitative estimate of drug-likeness (QED) is 0.340. The van der Waals surface area contributed by atoms with E-state index in [1.807, 2.05) is 0 Å². The number of ether oxygens (including phenoxy) is 1. The second-order valence-electron chi connectivity index (χ2n) is 7.96. The van der Waals surface area contributed by atoms with Crippen molar-refractivity contribution in [1.82, 2.24) is 25.0 Å². The molecule has 0 aliphatic heterocycles. The van der Waals surface area contributed by atoms with Crippen molar-refractivity contribution >= 4 is 46.7 Å². The van der Waals surface area contributed by atoms with Crippen LogP contribution >= 0.6 is 11.6 Å². The molecule has 0 saturated heterocycles. The molecule has 0 unspecified atom stereocenters. The van der Waals surface area contributed by atoms with Crippen molar-refractivity contribution in [2.75, 3.05) is 6.54 Å². The van der Waals surface area contributed by atoms with E-state index in [9.17, 15) is 18.8 Å². The molecule has 1 saturated carbocycles. The number of aromatic nitrogens is 3. The van der Waals surface area contributed by atoms with Crippen LogP contribution in [-0.4, -0.2) is 50.5 Å². The van der Waals surface area contributed by atoms with Gasteiger partial charge in [-0.2, -0.15) is 4.68 Å². The molecule has 2 heterocycles. The van der Waals surface area contributed by atoms with Gasteiger partial charge in [-0.05, 0) is 24.0 Å². The lowest BCUT2D eigenvalue weighted by atomic mass is 10.2. The molecule has 1 aliphatic rings. The normalized spacial score (nSPS) is 12.7. The number of nitrogens with zero attached hydrogens (tertiary/aromatic N) is 5. The monoisotopic (exact) mass is 498 g/mol. The highest BCUT2D eigenvalue weighted by Crippen LogP contribution is 2.28. The van der Waals surface area contributed by atoms with Gasteiger partial charge in [-0.25, -0.2) is 9.37 Å². The van der Waals surface area contributed by atoms with Crippen LogP contribution in [0.5, 0.6) is 0 Å². The van der Waals surface area contributed by atoms with Crippen molar-refractivity contribution in [2.45, 2.75) is 38.6 Å². The highest BCUT2D eigenvalue weighted by molar-refractivity contribution is 6.30. The van der Waals surface area contributed by atoms with Crippen molar-refractivity contribution < 1.29 is 23.5 Å². The highest BCUT2D eigenvalue weighted by atomic mass is 35.5. The van der Waals surface area contributed by atoms with Gasteiger partial charge in [0.1, 0.15) is 19.0 Å². The molecule has 1 N–H and O–H groups in total. The summed E-state index contributed by atoms with van der Waals surface area (Å²) in [6, 6.07) is 6.09. The molecule has 2 amide bonds. The molecule has 1 aromatic carbocycles. The molecule has 0 radical (unpaired) electrons. The van der Waals surface area contributed by atoms with Gasteiger partial charge in [-0.1, -0.05) is 36.4 Å². The standard InChI is InChI=1S/C23H20ClFN6O4/c1-26-22-17-7-14(12-35-13-32)8-28-23(17)31(29-22)11-20(34)30(16-5-6-16)10-19(33)27-9-15-3-2-4-18(24)21(15)25/h2-4,7-8,13,16H,5-6,9-12H2,(H,27,33). The van der Waals surface area contributed by atoms with Crippen LogP contribution < -0.4 is 5.32 Å². The Balaban J connectivity index is 1.45.